The lowest BCUT2D eigenvalue weighted by Crippen LogP contribution is -2.34. The molecular weight excluding hydrogens is 395 g/mol. The van der Waals surface area contributed by atoms with Gasteiger partial charge in [-0.2, -0.15) is 0 Å². The second kappa shape index (κ2) is 7.94. The topological polar surface area (TPSA) is 51.1 Å². The smallest absolute Gasteiger partial charge is 0.338 e. The van der Waals surface area contributed by atoms with Crippen LogP contribution in [0.1, 0.15) is 32.4 Å². The summed E-state index contributed by atoms with van der Waals surface area (Å²) in [4.78, 5) is 19.1. The maximum atomic E-state index is 12.6. The third kappa shape index (κ3) is 3.46. The van der Waals surface area contributed by atoms with E-state index in [-0.39, 0.29) is 6.61 Å². The molecule has 2 aliphatic rings. The van der Waals surface area contributed by atoms with E-state index in [0.29, 0.717) is 33.7 Å². The van der Waals surface area contributed by atoms with E-state index in [1.165, 1.54) is 11.8 Å². The summed E-state index contributed by atoms with van der Waals surface area (Å²) in [6, 6.07) is 3.13. The molecule has 0 spiro atoms. The fourth-order valence-electron chi connectivity index (χ4n) is 2.92. The highest BCUT2D eigenvalue weighted by molar-refractivity contribution is 8.16. The summed E-state index contributed by atoms with van der Waals surface area (Å²) in [6.07, 6.45) is 1.89. The molecule has 0 saturated carbocycles. The van der Waals surface area contributed by atoms with E-state index in [0.717, 1.165) is 10.7 Å². The van der Waals surface area contributed by atoms with Crippen LogP contribution < -0.4 is 4.74 Å². The van der Waals surface area contributed by atoms with Crippen molar-refractivity contribution in [2.75, 3.05) is 13.2 Å². The molecule has 1 aromatic rings. The van der Waals surface area contributed by atoms with Gasteiger partial charge in [0.2, 0.25) is 0 Å². The van der Waals surface area contributed by atoms with Gasteiger partial charge in [0, 0.05) is 6.20 Å². The van der Waals surface area contributed by atoms with Gasteiger partial charge in [0.05, 0.1) is 40.6 Å². The van der Waals surface area contributed by atoms with Crippen molar-refractivity contribution in [3.05, 3.63) is 50.6 Å². The minimum atomic E-state index is -0.418. The first-order valence-corrected chi connectivity index (χ1v) is 9.81. The van der Waals surface area contributed by atoms with Gasteiger partial charge in [-0.15, -0.1) is 0 Å². The number of allylic oxidation sites excluding steroid dienone is 1. The molecule has 0 bridgehead atoms. The summed E-state index contributed by atoms with van der Waals surface area (Å²) < 4.78 is 10.8. The molecule has 0 aliphatic carbocycles. The Labute approximate surface area is 166 Å². The summed E-state index contributed by atoms with van der Waals surface area (Å²) in [5.74, 6) is 0.0400. The Balaban J connectivity index is 2.12. The number of amidine groups is 1. The van der Waals surface area contributed by atoms with Gasteiger partial charge in [-0.25, -0.2) is 9.79 Å². The zero-order chi connectivity index (χ0) is 18.8. The van der Waals surface area contributed by atoms with E-state index in [1.807, 2.05) is 23.4 Å². The maximum Gasteiger partial charge on any atom is 0.338 e. The molecule has 1 aromatic carbocycles. The van der Waals surface area contributed by atoms with Gasteiger partial charge in [0.1, 0.15) is 0 Å². The number of fused-ring (bicyclic) bond motifs is 1. The molecule has 138 valence electrons. The highest BCUT2D eigenvalue weighted by atomic mass is 35.5. The molecule has 2 aliphatic heterocycles. The molecule has 1 unspecified atom stereocenters. The molecule has 5 nitrogen and oxygen atoms in total. The predicted octanol–water partition coefficient (Wildman–Crippen LogP) is 5.16. The van der Waals surface area contributed by atoms with Gasteiger partial charge in [-0.3, -0.25) is 0 Å². The van der Waals surface area contributed by atoms with Crippen LogP contribution in [0.5, 0.6) is 5.75 Å². The third-order valence-corrected chi connectivity index (χ3v) is 5.27. The molecule has 2 heterocycles. The zero-order valence-electron chi connectivity index (χ0n) is 14.6. The van der Waals surface area contributed by atoms with Crippen LogP contribution in [0.2, 0.25) is 10.0 Å². The molecule has 0 saturated heterocycles. The van der Waals surface area contributed by atoms with Crippen LogP contribution in [0.4, 0.5) is 0 Å². The van der Waals surface area contributed by atoms with Crippen LogP contribution in [0, 0.1) is 0 Å². The number of hydrogen-bond acceptors (Lipinski definition) is 6. The summed E-state index contributed by atoms with van der Waals surface area (Å²) in [6.45, 7) is 6.18. The van der Waals surface area contributed by atoms with Crippen molar-refractivity contribution in [3.63, 3.8) is 0 Å². The van der Waals surface area contributed by atoms with Crippen LogP contribution in [0.25, 0.3) is 0 Å². The largest absolute Gasteiger partial charge is 0.491 e. The second-order valence-corrected chi connectivity index (χ2v) is 7.26. The standard InChI is InChI=1S/C18H18Cl2N2O3S/c1-4-24-16-12(19)8-11(9-13(16)20)15-14(17(23)25-5-2)10(3)21-18-22(15)6-7-26-18/h6-9,15H,4-5H2,1-3H3. The molecule has 0 aromatic heterocycles. The zero-order valence-corrected chi connectivity index (χ0v) is 16.9. The fraction of sp³-hybridized carbons (Fsp3) is 0.333. The van der Waals surface area contributed by atoms with E-state index in [4.69, 9.17) is 32.7 Å². The van der Waals surface area contributed by atoms with Crippen molar-refractivity contribution < 1.29 is 14.3 Å². The fourth-order valence-corrected chi connectivity index (χ4v) is 4.32. The first-order chi connectivity index (χ1) is 12.5. The monoisotopic (exact) mass is 412 g/mol. The number of benzene rings is 1. The highest BCUT2D eigenvalue weighted by Crippen LogP contribution is 2.44. The lowest BCUT2D eigenvalue weighted by atomic mass is 9.94. The average molecular weight is 413 g/mol. The average Bonchev–Trinajstić information content (AvgIpc) is 3.04. The van der Waals surface area contributed by atoms with Crippen LogP contribution in [0.15, 0.2) is 40.0 Å². The number of nitrogens with zero attached hydrogens (tertiary/aromatic N) is 2. The summed E-state index contributed by atoms with van der Waals surface area (Å²) in [5.41, 5.74) is 1.86. The molecular formula is C18H18Cl2N2O3S. The van der Waals surface area contributed by atoms with E-state index in [2.05, 4.69) is 4.99 Å². The highest BCUT2D eigenvalue weighted by Gasteiger charge is 2.38. The normalized spacial score (nSPS) is 18.7. The Morgan fingerprint density at radius 3 is 2.58 bits per heavy atom. The van der Waals surface area contributed by atoms with Gasteiger partial charge in [-0.1, -0.05) is 35.0 Å². The van der Waals surface area contributed by atoms with Crippen LogP contribution in [-0.4, -0.2) is 29.3 Å². The second-order valence-electron chi connectivity index (χ2n) is 5.57. The minimum absolute atomic E-state index is 0.286. The van der Waals surface area contributed by atoms with Crippen LogP contribution in [-0.2, 0) is 9.53 Å². The van der Waals surface area contributed by atoms with Crippen LogP contribution >= 0.6 is 35.0 Å². The number of esters is 1. The predicted molar refractivity (Wildman–Crippen MR) is 106 cm³/mol. The van der Waals surface area contributed by atoms with Gasteiger partial charge in [-0.05, 0) is 43.9 Å². The van der Waals surface area contributed by atoms with E-state index in [1.54, 1.807) is 26.0 Å². The molecule has 26 heavy (non-hydrogen) atoms. The Morgan fingerprint density at radius 2 is 1.96 bits per heavy atom. The van der Waals surface area contributed by atoms with Crippen molar-refractivity contribution in [2.45, 2.75) is 26.8 Å². The van der Waals surface area contributed by atoms with Crippen molar-refractivity contribution >= 4 is 46.1 Å². The van der Waals surface area contributed by atoms with Gasteiger partial charge in [0.15, 0.2) is 10.9 Å². The lowest BCUT2D eigenvalue weighted by Gasteiger charge is -2.33. The number of carbonyl (C=O) groups excluding carboxylic acids is 1. The number of rotatable bonds is 5. The summed E-state index contributed by atoms with van der Waals surface area (Å²) in [5, 5.41) is 3.51. The Morgan fingerprint density at radius 1 is 1.27 bits per heavy atom. The first-order valence-electron chi connectivity index (χ1n) is 8.17. The van der Waals surface area contributed by atoms with Crippen molar-refractivity contribution in [1.29, 1.82) is 0 Å². The number of carbonyl (C=O) groups is 1. The maximum absolute atomic E-state index is 12.6. The Kier molecular flexibility index (Phi) is 5.85. The van der Waals surface area contributed by atoms with Gasteiger partial charge in [0.25, 0.3) is 0 Å². The molecule has 1 atom stereocenters. The lowest BCUT2D eigenvalue weighted by molar-refractivity contribution is -0.139. The van der Waals surface area contributed by atoms with Gasteiger partial charge < -0.3 is 14.4 Å². The van der Waals surface area contributed by atoms with Crippen molar-refractivity contribution in [3.8, 4) is 5.75 Å². The third-order valence-electron chi connectivity index (χ3n) is 3.94. The first kappa shape index (κ1) is 19.1. The van der Waals surface area contributed by atoms with E-state index >= 15 is 0 Å². The number of halogens is 2. The number of thioether (sulfide) groups is 1. The Hall–Kier alpha value is -1.63. The quantitative estimate of drug-likeness (QED) is 0.625. The SMILES string of the molecule is CCOC(=O)C1=C(C)N=C2SC=CN2C1c1cc(Cl)c(OCC)c(Cl)c1. The molecule has 0 amide bonds. The van der Waals surface area contributed by atoms with Crippen LogP contribution in [0.3, 0.4) is 0 Å². The number of aliphatic imine (C=N–C) groups is 1. The minimum Gasteiger partial charge on any atom is -0.491 e. The van der Waals surface area contributed by atoms with Gasteiger partial charge >= 0.3 is 5.97 Å². The number of ether oxygens (including phenoxy) is 2. The molecule has 0 fully saturated rings. The number of hydrogen-bond donors (Lipinski definition) is 0. The molecule has 0 radical (unpaired) electrons. The van der Waals surface area contributed by atoms with Crippen molar-refractivity contribution in [2.24, 2.45) is 4.99 Å². The molecule has 8 heteroatoms. The molecule has 0 N–H and O–H groups in total. The van der Waals surface area contributed by atoms with E-state index in [9.17, 15) is 4.79 Å². The van der Waals surface area contributed by atoms with E-state index < -0.39 is 12.0 Å². The Bertz CT molecular complexity index is 813. The van der Waals surface area contributed by atoms with Crippen molar-refractivity contribution in [1.82, 2.24) is 4.90 Å². The summed E-state index contributed by atoms with van der Waals surface area (Å²) in [7, 11) is 0. The molecule has 3 rings (SSSR count). The summed E-state index contributed by atoms with van der Waals surface area (Å²) >= 11 is 14.3.